The number of carboxylic acids is 1. The molecular formula is C15H23NO3. The second-order valence-electron chi connectivity index (χ2n) is 6.82. The first kappa shape index (κ1) is 12.9. The average molecular weight is 265 g/mol. The largest absolute Gasteiger partial charge is 0.481 e. The van der Waals surface area contributed by atoms with Crippen LogP contribution in [0.5, 0.6) is 0 Å². The Bertz CT molecular complexity index is 375. The summed E-state index contributed by atoms with van der Waals surface area (Å²) >= 11 is 0. The van der Waals surface area contributed by atoms with E-state index in [1.165, 1.54) is 25.7 Å². The summed E-state index contributed by atoms with van der Waals surface area (Å²) < 4.78 is 0. The summed E-state index contributed by atoms with van der Waals surface area (Å²) in [4.78, 5) is 25.8. The van der Waals surface area contributed by atoms with Crippen LogP contribution in [-0.4, -0.2) is 35.0 Å². The van der Waals surface area contributed by atoms with Gasteiger partial charge in [0.25, 0.3) is 0 Å². The van der Waals surface area contributed by atoms with E-state index >= 15 is 0 Å². The lowest BCUT2D eigenvalue weighted by molar-refractivity contribution is -0.148. The summed E-state index contributed by atoms with van der Waals surface area (Å²) in [5.41, 5.74) is 0. The van der Waals surface area contributed by atoms with Crippen LogP contribution in [0.1, 0.15) is 39.0 Å². The van der Waals surface area contributed by atoms with Crippen LogP contribution < -0.4 is 0 Å². The van der Waals surface area contributed by atoms with Crippen molar-refractivity contribution in [2.24, 2.45) is 29.6 Å². The number of rotatable bonds is 4. The topological polar surface area (TPSA) is 57.6 Å². The van der Waals surface area contributed by atoms with Gasteiger partial charge in [-0.05, 0) is 49.9 Å². The molecule has 0 radical (unpaired) electrons. The van der Waals surface area contributed by atoms with Crippen LogP contribution in [0.25, 0.3) is 0 Å². The van der Waals surface area contributed by atoms with Gasteiger partial charge in [0.15, 0.2) is 0 Å². The zero-order valence-electron chi connectivity index (χ0n) is 11.5. The summed E-state index contributed by atoms with van der Waals surface area (Å²) in [5.74, 6) is 0.840. The number of nitrogens with zero attached hydrogens (tertiary/aromatic N) is 1. The molecule has 3 aliphatic rings. The fourth-order valence-corrected chi connectivity index (χ4v) is 3.62. The van der Waals surface area contributed by atoms with Crippen LogP contribution in [0.3, 0.4) is 0 Å². The third kappa shape index (κ3) is 2.77. The van der Waals surface area contributed by atoms with Gasteiger partial charge in [-0.3, -0.25) is 9.59 Å². The first-order chi connectivity index (χ1) is 9.06. The Morgan fingerprint density at radius 3 is 2.16 bits per heavy atom. The number of hydrogen-bond donors (Lipinski definition) is 1. The molecule has 0 aromatic heterocycles. The van der Waals surface area contributed by atoms with Crippen molar-refractivity contribution in [3.8, 4) is 0 Å². The van der Waals surface area contributed by atoms with Gasteiger partial charge in [0, 0.05) is 19.0 Å². The van der Waals surface area contributed by atoms with Gasteiger partial charge in [-0.1, -0.05) is 6.92 Å². The smallest absolute Gasteiger partial charge is 0.308 e. The standard InChI is InChI=1S/C15H23NO3/c1-9-6-12(15(18)19)8-16(7-9)14(17)13(10-2-3-10)11-4-5-11/h9-13H,2-8H2,1H3,(H,18,19). The number of carbonyl (C=O) groups is 2. The first-order valence-electron chi connectivity index (χ1n) is 7.58. The van der Waals surface area contributed by atoms with Gasteiger partial charge in [-0.2, -0.15) is 0 Å². The van der Waals surface area contributed by atoms with Crippen molar-refractivity contribution >= 4 is 11.9 Å². The van der Waals surface area contributed by atoms with Gasteiger partial charge in [-0.25, -0.2) is 0 Å². The average Bonchev–Trinajstić information content (AvgIpc) is 3.22. The molecular weight excluding hydrogens is 242 g/mol. The highest BCUT2D eigenvalue weighted by Crippen LogP contribution is 2.50. The van der Waals surface area contributed by atoms with E-state index in [0.717, 1.165) is 6.54 Å². The van der Waals surface area contributed by atoms with Crippen molar-refractivity contribution in [1.82, 2.24) is 4.90 Å². The highest BCUT2D eigenvalue weighted by atomic mass is 16.4. The lowest BCUT2D eigenvalue weighted by Gasteiger charge is -2.36. The summed E-state index contributed by atoms with van der Waals surface area (Å²) in [7, 11) is 0. The van der Waals surface area contributed by atoms with Crippen LogP contribution in [0.2, 0.25) is 0 Å². The lowest BCUT2D eigenvalue weighted by Crippen LogP contribution is -2.48. The molecule has 0 spiro atoms. The molecule has 0 aromatic rings. The molecule has 1 amide bonds. The maximum Gasteiger partial charge on any atom is 0.308 e. The molecule has 1 saturated heterocycles. The summed E-state index contributed by atoms with van der Waals surface area (Å²) in [6.45, 7) is 3.23. The molecule has 19 heavy (non-hydrogen) atoms. The van der Waals surface area contributed by atoms with Gasteiger partial charge >= 0.3 is 5.97 Å². The molecule has 3 rings (SSSR count). The first-order valence-corrected chi connectivity index (χ1v) is 7.58. The van der Waals surface area contributed by atoms with Crippen molar-refractivity contribution in [2.45, 2.75) is 39.0 Å². The molecule has 2 aliphatic carbocycles. The quantitative estimate of drug-likeness (QED) is 0.845. The van der Waals surface area contributed by atoms with Crippen LogP contribution >= 0.6 is 0 Å². The predicted octanol–water partition coefficient (Wildman–Crippen LogP) is 1.99. The van der Waals surface area contributed by atoms with E-state index < -0.39 is 5.97 Å². The van der Waals surface area contributed by atoms with Crippen molar-refractivity contribution in [3.63, 3.8) is 0 Å². The van der Waals surface area contributed by atoms with Gasteiger partial charge in [0.2, 0.25) is 5.91 Å². The van der Waals surface area contributed by atoms with Gasteiger partial charge < -0.3 is 10.0 Å². The Morgan fingerprint density at radius 2 is 1.68 bits per heavy atom. The molecule has 1 heterocycles. The minimum absolute atomic E-state index is 0.208. The Hall–Kier alpha value is -1.06. The second-order valence-corrected chi connectivity index (χ2v) is 6.82. The maximum absolute atomic E-state index is 12.7. The van der Waals surface area contributed by atoms with E-state index in [4.69, 9.17) is 0 Å². The van der Waals surface area contributed by atoms with Gasteiger partial charge in [-0.15, -0.1) is 0 Å². The Morgan fingerprint density at radius 1 is 1.11 bits per heavy atom. The van der Waals surface area contributed by atoms with E-state index in [9.17, 15) is 14.7 Å². The van der Waals surface area contributed by atoms with Gasteiger partial charge in [0.1, 0.15) is 0 Å². The highest BCUT2D eigenvalue weighted by molar-refractivity contribution is 5.81. The molecule has 106 valence electrons. The van der Waals surface area contributed by atoms with Crippen molar-refractivity contribution < 1.29 is 14.7 Å². The number of amides is 1. The molecule has 2 atom stereocenters. The SMILES string of the molecule is CC1CC(C(=O)O)CN(C(=O)C(C2CC2)C2CC2)C1. The van der Waals surface area contributed by atoms with Crippen LogP contribution in [0.4, 0.5) is 0 Å². The molecule has 1 N–H and O–H groups in total. The van der Waals surface area contributed by atoms with E-state index in [-0.39, 0.29) is 17.7 Å². The number of aliphatic carboxylic acids is 1. The van der Waals surface area contributed by atoms with Crippen LogP contribution in [0, 0.1) is 29.6 Å². The molecule has 1 aliphatic heterocycles. The van der Waals surface area contributed by atoms with E-state index in [2.05, 4.69) is 6.92 Å². The van der Waals surface area contributed by atoms with Crippen molar-refractivity contribution in [3.05, 3.63) is 0 Å². The fourth-order valence-electron chi connectivity index (χ4n) is 3.62. The highest BCUT2D eigenvalue weighted by Gasteiger charge is 2.47. The minimum atomic E-state index is -0.751. The molecule has 3 fully saturated rings. The third-order valence-electron chi connectivity index (χ3n) is 4.87. The zero-order chi connectivity index (χ0) is 13.6. The Labute approximate surface area is 114 Å². The van der Waals surface area contributed by atoms with E-state index in [1.54, 1.807) is 0 Å². The molecule has 0 aromatic carbocycles. The molecule has 4 nitrogen and oxygen atoms in total. The minimum Gasteiger partial charge on any atom is -0.481 e. The monoisotopic (exact) mass is 265 g/mol. The number of hydrogen-bond acceptors (Lipinski definition) is 2. The van der Waals surface area contributed by atoms with E-state index in [1.807, 2.05) is 4.90 Å². The second kappa shape index (κ2) is 4.80. The number of carboxylic acid groups (broad SMARTS) is 1. The molecule has 2 unspecified atom stereocenters. The molecule has 4 heteroatoms. The van der Waals surface area contributed by atoms with Crippen LogP contribution in [-0.2, 0) is 9.59 Å². The molecule has 2 saturated carbocycles. The van der Waals surface area contributed by atoms with Crippen LogP contribution in [0.15, 0.2) is 0 Å². The maximum atomic E-state index is 12.7. The summed E-state index contributed by atoms with van der Waals surface area (Å²) in [6, 6.07) is 0. The lowest BCUT2D eigenvalue weighted by atomic mass is 9.88. The van der Waals surface area contributed by atoms with E-state index in [0.29, 0.717) is 30.7 Å². The number of piperidine rings is 1. The Kier molecular flexibility index (Phi) is 3.27. The zero-order valence-corrected chi connectivity index (χ0v) is 11.5. The summed E-state index contributed by atoms with van der Waals surface area (Å²) in [6.07, 6.45) is 5.48. The van der Waals surface area contributed by atoms with Crippen molar-refractivity contribution in [2.75, 3.05) is 13.1 Å². The molecule has 0 bridgehead atoms. The fraction of sp³-hybridized carbons (Fsp3) is 0.867. The Balaban J connectivity index is 1.69. The number of carbonyl (C=O) groups excluding carboxylic acids is 1. The third-order valence-corrected chi connectivity index (χ3v) is 4.87. The van der Waals surface area contributed by atoms with Crippen molar-refractivity contribution in [1.29, 1.82) is 0 Å². The predicted molar refractivity (Wildman–Crippen MR) is 70.4 cm³/mol. The van der Waals surface area contributed by atoms with Gasteiger partial charge in [0.05, 0.1) is 5.92 Å². The summed E-state index contributed by atoms with van der Waals surface area (Å²) in [5, 5.41) is 9.20. The normalized spacial score (nSPS) is 31.6. The number of likely N-dealkylation sites (tertiary alicyclic amines) is 1.